The van der Waals surface area contributed by atoms with E-state index in [4.69, 9.17) is 0 Å². The number of aliphatic hydroxyl groups excluding tert-OH is 1. The van der Waals surface area contributed by atoms with E-state index in [2.05, 4.69) is 4.72 Å². The second-order valence-electron chi connectivity index (χ2n) is 4.09. The maximum Gasteiger partial charge on any atom is 0.279 e. The van der Waals surface area contributed by atoms with Crippen LogP contribution in [-0.4, -0.2) is 44.1 Å². The zero-order valence-corrected chi connectivity index (χ0v) is 9.00. The van der Waals surface area contributed by atoms with Gasteiger partial charge in [-0.2, -0.15) is 12.7 Å². The molecule has 3 atom stereocenters. The Hall–Kier alpha value is -0.170. The van der Waals surface area contributed by atoms with E-state index in [-0.39, 0.29) is 12.0 Å². The molecule has 1 aliphatic heterocycles. The molecule has 2 aliphatic rings. The number of hydrogen-bond donors (Lipinski definition) is 2. The Balaban J connectivity index is 2.09. The van der Waals surface area contributed by atoms with Gasteiger partial charge in [0.2, 0.25) is 0 Å². The number of nitrogens with one attached hydrogen (secondary N) is 1. The zero-order valence-electron chi connectivity index (χ0n) is 8.18. The topological polar surface area (TPSA) is 69.6 Å². The lowest BCUT2D eigenvalue weighted by Crippen LogP contribution is -2.38. The lowest BCUT2D eigenvalue weighted by Gasteiger charge is -2.16. The molecule has 0 aromatic carbocycles. The standard InChI is InChI=1S/C8H16N2O3S/c1-9-14(12,13)10-4-6-2-3-8(11)7(6)5-10/h6-9,11H,2-5H2,1H3. The van der Waals surface area contributed by atoms with Crippen LogP contribution < -0.4 is 4.72 Å². The highest BCUT2D eigenvalue weighted by molar-refractivity contribution is 7.87. The van der Waals surface area contributed by atoms with Gasteiger partial charge in [-0.05, 0) is 18.8 Å². The number of rotatable bonds is 2. The molecule has 0 aromatic rings. The monoisotopic (exact) mass is 220 g/mol. The highest BCUT2D eigenvalue weighted by Gasteiger charge is 2.45. The second kappa shape index (κ2) is 3.44. The van der Waals surface area contributed by atoms with Crippen LogP contribution in [0.2, 0.25) is 0 Å². The van der Waals surface area contributed by atoms with Crippen molar-refractivity contribution < 1.29 is 13.5 Å². The molecule has 0 radical (unpaired) electrons. The molecule has 1 aliphatic carbocycles. The number of hydrogen-bond acceptors (Lipinski definition) is 3. The average Bonchev–Trinajstić information content (AvgIpc) is 2.69. The smallest absolute Gasteiger partial charge is 0.279 e. The highest BCUT2D eigenvalue weighted by atomic mass is 32.2. The maximum atomic E-state index is 11.5. The molecule has 3 unspecified atom stereocenters. The van der Waals surface area contributed by atoms with Gasteiger partial charge in [0.15, 0.2) is 0 Å². The van der Waals surface area contributed by atoms with Gasteiger partial charge in [-0.1, -0.05) is 0 Å². The molecule has 0 amide bonds. The summed E-state index contributed by atoms with van der Waals surface area (Å²) < 4.78 is 26.7. The third-order valence-electron chi connectivity index (χ3n) is 3.38. The molecule has 14 heavy (non-hydrogen) atoms. The SMILES string of the molecule is CNS(=O)(=O)N1CC2CCC(O)C2C1. The molecule has 1 heterocycles. The third-order valence-corrected chi connectivity index (χ3v) is 4.88. The number of fused-ring (bicyclic) bond motifs is 1. The Bertz CT molecular complexity index is 317. The first kappa shape index (κ1) is 10.4. The van der Waals surface area contributed by atoms with Crippen molar-refractivity contribution in [2.24, 2.45) is 11.8 Å². The normalized spacial score (nSPS) is 38.9. The average molecular weight is 220 g/mol. The van der Waals surface area contributed by atoms with Gasteiger partial charge in [0.1, 0.15) is 0 Å². The van der Waals surface area contributed by atoms with Crippen molar-refractivity contribution in [3.8, 4) is 0 Å². The van der Waals surface area contributed by atoms with Crippen molar-refractivity contribution in [3.63, 3.8) is 0 Å². The summed E-state index contributed by atoms with van der Waals surface area (Å²) in [5.74, 6) is 0.506. The highest BCUT2D eigenvalue weighted by Crippen LogP contribution is 2.38. The molecular weight excluding hydrogens is 204 g/mol. The summed E-state index contributed by atoms with van der Waals surface area (Å²) in [6.07, 6.45) is 1.46. The van der Waals surface area contributed by atoms with Gasteiger partial charge in [-0.25, -0.2) is 4.72 Å². The van der Waals surface area contributed by atoms with Crippen LogP contribution in [0.4, 0.5) is 0 Å². The second-order valence-corrected chi connectivity index (χ2v) is 5.97. The Kier molecular flexibility index (Phi) is 2.55. The summed E-state index contributed by atoms with van der Waals surface area (Å²) in [7, 11) is -1.87. The van der Waals surface area contributed by atoms with E-state index in [1.54, 1.807) is 0 Å². The van der Waals surface area contributed by atoms with Gasteiger partial charge in [-0.15, -0.1) is 0 Å². The summed E-state index contributed by atoms with van der Waals surface area (Å²) in [4.78, 5) is 0. The Labute approximate surface area is 84.3 Å². The van der Waals surface area contributed by atoms with Crippen LogP contribution >= 0.6 is 0 Å². The van der Waals surface area contributed by atoms with Crippen molar-refractivity contribution in [1.29, 1.82) is 0 Å². The van der Waals surface area contributed by atoms with Crippen LogP contribution in [0.25, 0.3) is 0 Å². The predicted octanol–water partition coefficient (Wildman–Crippen LogP) is -0.847. The van der Waals surface area contributed by atoms with Crippen LogP contribution in [-0.2, 0) is 10.2 Å². The van der Waals surface area contributed by atoms with Crippen LogP contribution in [0.5, 0.6) is 0 Å². The van der Waals surface area contributed by atoms with Gasteiger partial charge in [0.05, 0.1) is 6.10 Å². The fraction of sp³-hybridized carbons (Fsp3) is 1.00. The van der Waals surface area contributed by atoms with E-state index in [1.165, 1.54) is 11.4 Å². The molecule has 0 spiro atoms. The molecule has 0 bridgehead atoms. The fourth-order valence-electron chi connectivity index (χ4n) is 2.52. The molecule has 0 aromatic heterocycles. The molecule has 1 saturated carbocycles. The maximum absolute atomic E-state index is 11.5. The van der Waals surface area contributed by atoms with Crippen LogP contribution in [0.1, 0.15) is 12.8 Å². The van der Waals surface area contributed by atoms with E-state index in [9.17, 15) is 13.5 Å². The largest absolute Gasteiger partial charge is 0.393 e. The van der Waals surface area contributed by atoms with Gasteiger partial charge >= 0.3 is 0 Å². The van der Waals surface area contributed by atoms with E-state index in [0.717, 1.165) is 12.8 Å². The van der Waals surface area contributed by atoms with Crippen molar-refractivity contribution in [2.75, 3.05) is 20.1 Å². The zero-order chi connectivity index (χ0) is 10.3. The molecule has 2 fully saturated rings. The van der Waals surface area contributed by atoms with E-state index >= 15 is 0 Å². The molecule has 1 saturated heterocycles. The third kappa shape index (κ3) is 1.56. The summed E-state index contributed by atoms with van der Waals surface area (Å²) in [6.45, 7) is 1.03. The minimum atomic E-state index is -3.29. The van der Waals surface area contributed by atoms with Crippen LogP contribution in [0.3, 0.4) is 0 Å². The lowest BCUT2D eigenvalue weighted by molar-refractivity contribution is 0.129. The van der Waals surface area contributed by atoms with Crippen LogP contribution in [0.15, 0.2) is 0 Å². The minimum Gasteiger partial charge on any atom is -0.393 e. The Morgan fingerprint density at radius 2 is 2.07 bits per heavy atom. The van der Waals surface area contributed by atoms with E-state index in [1.807, 2.05) is 0 Å². The summed E-state index contributed by atoms with van der Waals surface area (Å²) in [6, 6.07) is 0. The minimum absolute atomic E-state index is 0.151. The molecule has 5 nitrogen and oxygen atoms in total. The first-order chi connectivity index (χ1) is 6.54. The van der Waals surface area contributed by atoms with Gasteiger partial charge in [0.25, 0.3) is 10.2 Å². The first-order valence-corrected chi connectivity index (χ1v) is 6.35. The first-order valence-electron chi connectivity index (χ1n) is 4.91. The van der Waals surface area contributed by atoms with Gasteiger partial charge in [-0.3, -0.25) is 0 Å². The van der Waals surface area contributed by atoms with E-state index in [0.29, 0.717) is 19.0 Å². The summed E-state index contributed by atoms with van der Waals surface area (Å²) in [5.41, 5.74) is 0. The fourth-order valence-corrected chi connectivity index (χ4v) is 3.54. The Morgan fingerprint density at radius 1 is 1.36 bits per heavy atom. The molecular formula is C8H16N2O3S. The molecule has 2 N–H and O–H groups in total. The molecule has 6 heteroatoms. The Morgan fingerprint density at radius 3 is 2.64 bits per heavy atom. The molecule has 82 valence electrons. The lowest BCUT2D eigenvalue weighted by atomic mass is 10.00. The van der Waals surface area contributed by atoms with Crippen molar-refractivity contribution >= 4 is 10.2 Å². The number of aliphatic hydroxyl groups is 1. The molecule has 2 rings (SSSR count). The summed E-state index contributed by atoms with van der Waals surface area (Å²) in [5, 5.41) is 9.61. The van der Waals surface area contributed by atoms with Gasteiger partial charge in [0, 0.05) is 26.1 Å². The van der Waals surface area contributed by atoms with E-state index < -0.39 is 10.2 Å². The summed E-state index contributed by atoms with van der Waals surface area (Å²) >= 11 is 0. The van der Waals surface area contributed by atoms with Crippen molar-refractivity contribution in [1.82, 2.24) is 9.03 Å². The van der Waals surface area contributed by atoms with Crippen LogP contribution in [0, 0.1) is 11.8 Å². The van der Waals surface area contributed by atoms with Crippen molar-refractivity contribution in [2.45, 2.75) is 18.9 Å². The van der Waals surface area contributed by atoms with Gasteiger partial charge < -0.3 is 5.11 Å². The predicted molar refractivity (Wildman–Crippen MR) is 51.8 cm³/mol. The quantitative estimate of drug-likeness (QED) is 0.637. The van der Waals surface area contributed by atoms with Crippen molar-refractivity contribution in [3.05, 3.63) is 0 Å². The number of nitrogens with zero attached hydrogens (tertiary/aromatic N) is 1.